The largest absolute Gasteiger partial charge is 0.416 e. The molecule has 0 aliphatic rings. The molecule has 0 radical (unpaired) electrons. The second kappa shape index (κ2) is 5.25. The quantitative estimate of drug-likeness (QED) is 0.714. The van der Waals surface area contributed by atoms with Crippen LogP contribution >= 0.6 is 0 Å². The summed E-state index contributed by atoms with van der Waals surface area (Å²) >= 11 is 0. The lowest BCUT2D eigenvalue weighted by Crippen LogP contribution is -2.03. The van der Waals surface area contributed by atoms with E-state index in [1.807, 2.05) is 13.0 Å². The van der Waals surface area contributed by atoms with E-state index in [1.165, 1.54) is 12.1 Å². The van der Waals surface area contributed by atoms with Crippen LogP contribution in [0.5, 0.6) is 0 Å². The first-order valence-electron chi connectivity index (χ1n) is 6.39. The normalized spacial score (nSPS) is 11.6. The van der Waals surface area contributed by atoms with Crippen molar-refractivity contribution in [2.24, 2.45) is 0 Å². The van der Waals surface area contributed by atoms with Gasteiger partial charge in [0.2, 0.25) is 5.89 Å². The van der Waals surface area contributed by atoms with Gasteiger partial charge in [-0.3, -0.25) is 0 Å². The lowest BCUT2D eigenvalue weighted by molar-refractivity contribution is -0.137. The Morgan fingerprint density at radius 3 is 2.23 bits per heavy atom. The van der Waals surface area contributed by atoms with Gasteiger partial charge in [-0.1, -0.05) is 6.07 Å². The van der Waals surface area contributed by atoms with Crippen LogP contribution in [0.4, 0.5) is 13.2 Å². The molecular weight excluding hydrogens is 295 g/mol. The molecule has 0 aliphatic carbocycles. The zero-order chi connectivity index (χ0) is 15.7. The van der Waals surface area contributed by atoms with Crippen LogP contribution in [0.25, 0.3) is 23.0 Å². The molecule has 0 unspecified atom stereocenters. The van der Waals surface area contributed by atoms with Crippen molar-refractivity contribution in [1.29, 1.82) is 0 Å². The van der Waals surface area contributed by atoms with E-state index in [-0.39, 0.29) is 11.8 Å². The summed E-state index contributed by atoms with van der Waals surface area (Å²) in [6.45, 7) is 1.83. The van der Waals surface area contributed by atoms with Crippen molar-refractivity contribution >= 4 is 0 Å². The van der Waals surface area contributed by atoms with Crippen molar-refractivity contribution in [1.82, 2.24) is 15.2 Å². The molecule has 112 valence electrons. The zero-order valence-corrected chi connectivity index (χ0v) is 11.4. The minimum atomic E-state index is -4.37. The van der Waals surface area contributed by atoms with Gasteiger partial charge in [0.1, 0.15) is 5.69 Å². The van der Waals surface area contributed by atoms with Gasteiger partial charge in [-0.05, 0) is 43.3 Å². The van der Waals surface area contributed by atoms with Crippen LogP contribution in [0.3, 0.4) is 0 Å². The Kier molecular flexibility index (Phi) is 3.40. The Balaban J connectivity index is 1.91. The summed E-state index contributed by atoms with van der Waals surface area (Å²) in [5.41, 5.74) is 1.01. The van der Waals surface area contributed by atoms with E-state index in [1.54, 1.807) is 12.1 Å². The van der Waals surface area contributed by atoms with Gasteiger partial charge in [-0.15, -0.1) is 10.2 Å². The van der Waals surface area contributed by atoms with Gasteiger partial charge in [0.05, 0.1) is 5.56 Å². The smallest absolute Gasteiger partial charge is 0.415 e. The number of benzene rings is 1. The third-order valence-corrected chi connectivity index (χ3v) is 2.99. The van der Waals surface area contributed by atoms with E-state index in [2.05, 4.69) is 15.2 Å². The average Bonchev–Trinajstić information content (AvgIpc) is 2.96. The highest BCUT2D eigenvalue weighted by Gasteiger charge is 2.30. The van der Waals surface area contributed by atoms with E-state index in [9.17, 15) is 13.2 Å². The summed E-state index contributed by atoms with van der Waals surface area (Å²) in [5.74, 6) is 0.366. The first kappa shape index (κ1) is 14.2. The van der Waals surface area contributed by atoms with Crippen molar-refractivity contribution in [2.75, 3.05) is 0 Å². The van der Waals surface area contributed by atoms with Crippen LogP contribution in [-0.4, -0.2) is 15.2 Å². The first-order chi connectivity index (χ1) is 10.4. The SMILES string of the molecule is Cc1cccc(-c2nnc(-c3ccc(C(F)(F)F)cc3)o2)n1. The molecule has 0 saturated heterocycles. The maximum absolute atomic E-state index is 12.5. The number of pyridine rings is 1. The fourth-order valence-electron chi connectivity index (χ4n) is 1.91. The molecule has 3 aromatic rings. The minimum absolute atomic E-state index is 0.145. The fourth-order valence-corrected chi connectivity index (χ4v) is 1.91. The summed E-state index contributed by atoms with van der Waals surface area (Å²) in [7, 11) is 0. The number of hydrogen-bond acceptors (Lipinski definition) is 4. The van der Waals surface area contributed by atoms with Gasteiger partial charge < -0.3 is 4.42 Å². The average molecular weight is 305 g/mol. The molecule has 0 fully saturated rings. The van der Waals surface area contributed by atoms with Gasteiger partial charge in [-0.25, -0.2) is 4.98 Å². The Labute approximate surface area is 123 Å². The Bertz CT molecular complexity index is 794. The molecule has 0 spiro atoms. The molecule has 2 aromatic heterocycles. The van der Waals surface area contributed by atoms with Crippen molar-refractivity contribution in [3.63, 3.8) is 0 Å². The molecule has 7 heteroatoms. The zero-order valence-electron chi connectivity index (χ0n) is 11.4. The van der Waals surface area contributed by atoms with Gasteiger partial charge in [0.25, 0.3) is 5.89 Å². The maximum atomic E-state index is 12.5. The summed E-state index contributed by atoms with van der Waals surface area (Å²) in [6, 6.07) is 9.90. The number of aromatic nitrogens is 3. The van der Waals surface area contributed by atoms with Gasteiger partial charge in [0.15, 0.2) is 0 Å². The number of hydrogen-bond donors (Lipinski definition) is 0. The first-order valence-corrected chi connectivity index (χ1v) is 6.39. The van der Waals surface area contributed by atoms with Gasteiger partial charge >= 0.3 is 6.18 Å². The highest BCUT2D eigenvalue weighted by atomic mass is 19.4. The van der Waals surface area contributed by atoms with Crippen molar-refractivity contribution < 1.29 is 17.6 Å². The van der Waals surface area contributed by atoms with Crippen molar-refractivity contribution in [3.05, 3.63) is 53.7 Å². The number of rotatable bonds is 2. The lowest BCUT2D eigenvalue weighted by atomic mass is 10.1. The third-order valence-electron chi connectivity index (χ3n) is 2.99. The summed E-state index contributed by atoms with van der Waals surface area (Å²) in [6.07, 6.45) is -4.37. The Morgan fingerprint density at radius 2 is 1.59 bits per heavy atom. The number of aryl methyl sites for hydroxylation is 1. The molecule has 0 atom stereocenters. The van der Waals surface area contributed by atoms with Gasteiger partial charge in [0, 0.05) is 11.3 Å². The lowest BCUT2D eigenvalue weighted by Gasteiger charge is -2.05. The van der Waals surface area contributed by atoms with Crippen molar-refractivity contribution in [3.8, 4) is 23.0 Å². The standard InChI is InChI=1S/C15H10F3N3O/c1-9-3-2-4-12(19-9)14-21-20-13(22-14)10-5-7-11(8-6-10)15(16,17)18/h2-8H,1H3. The molecule has 22 heavy (non-hydrogen) atoms. The summed E-state index contributed by atoms with van der Waals surface area (Å²) < 4.78 is 43.0. The molecular formula is C15H10F3N3O. The Hall–Kier alpha value is -2.70. The predicted molar refractivity (Wildman–Crippen MR) is 72.7 cm³/mol. The molecule has 0 N–H and O–H groups in total. The predicted octanol–water partition coefficient (Wildman–Crippen LogP) is 4.13. The topological polar surface area (TPSA) is 51.8 Å². The summed E-state index contributed by atoms with van der Waals surface area (Å²) in [4.78, 5) is 4.25. The number of nitrogens with zero attached hydrogens (tertiary/aromatic N) is 3. The fraction of sp³-hybridized carbons (Fsp3) is 0.133. The molecule has 2 heterocycles. The van der Waals surface area contributed by atoms with E-state index in [0.29, 0.717) is 11.3 Å². The summed E-state index contributed by atoms with van der Waals surface area (Å²) in [5, 5.41) is 7.72. The van der Waals surface area contributed by atoms with E-state index in [0.717, 1.165) is 17.8 Å². The molecule has 0 bridgehead atoms. The van der Waals surface area contributed by atoms with E-state index in [4.69, 9.17) is 4.42 Å². The monoisotopic (exact) mass is 305 g/mol. The van der Waals surface area contributed by atoms with Crippen LogP contribution < -0.4 is 0 Å². The molecule has 0 aliphatic heterocycles. The maximum Gasteiger partial charge on any atom is 0.416 e. The molecule has 4 nitrogen and oxygen atoms in total. The number of alkyl halides is 3. The Morgan fingerprint density at radius 1 is 0.909 bits per heavy atom. The molecule has 0 saturated carbocycles. The highest BCUT2D eigenvalue weighted by molar-refractivity contribution is 5.56. The molecule has 1 aromatic carbocycles. The van der Waals surface area contributed by atoms with Crippen molar-refractivity contribution in [2.45, 2.75) is 13.1 Å². The number of halogens is 3. The van der Waals surface area contributed by atoms with Crippen LogP contribution in [0, 0.1) is 6.92 Å². The van der Waals surface area contributed by atoms with Gasteiger partial charge in [-0.2, -0.15) is 13.2 Å². The van der Waals surface area contributed by atoms with Crippen LogP contribution in [0.1, 0.15) is 11.3 Å². The highest BCUT2D eigenvalue weighted by Crippen LogP contribution is 2.31. The third kappa shape index (κ3) is 2.83. The van der Waals surface area contributed by atoms with E-state index >= 15 is 0 Å². The second-order valence-electron chi connectivity index (χ2n) is 4.65. The van der Waals surface area contributed by atoms with Crippen LogP contribution in [-0.2, 0) is 6.18 Å². The second-order valence-corrected chi connectivity index (χ2v) is 4.65. The minimum Gasteiger partial charge on any atom is -0.415 e. The molecule has 0 amide bonds. The molecule has 3 rings (SSSR count). The van der Waals surface area contributed by atoms with Crippen LogP contribution in [0.15, 0.2) is 46.9 Å². The van der Waals surface area contributed by atoms with Crippen LogP contribution in [0.2, 0.25) is 0 Å². The van der Waals surface area contributed by atoms with E-state index < -0.39 is 11.7 Å².